The molecule has 4 rings (SSSR count). The van der Waals surface area contributed by atoms with Crippen LogP contribution in [0.15, 0.2) is 42.7 Å². The van der Waals surface area contributed by atoms with Gasteiger partial charge in [0.05, 0.1) is 0 Å². The van der Waals surface area contributed by atoms with Crippen LogP contribution in [-0.4, -0.2) is 43.8 Å². The molecule has 7 heteroatoms. The zero-order valence-electron chi connectivity index (χ0n) is 15.6. The molecule has 140 valence electrons. The molecule has 1 aliphatic rings. The van der Waals surface area contributed by atoms with Gasteiger partial charge in [-0.05, 0) is 56.5 Å². The molecular weight excluding hydrogens is 340 g/mol. The Hall–Kier alpha value is -3.09. The van der Waals surface area contributed by atoms with Crippen molar-refractivity contribution in [2.24, 2.45) is 0 Å². The molecule has 1 aromatic carbocycles. The van der Waals surface area contributed by atoms with Gasteiger partial charge in [-0.15, -0.1) is 0 Å². The predicted octanol–water partition coefficient (Wildman–Crippen LogP) is 3.62. The van der Waals surface area contributed by atoms with Crippen molar-refractivity contribution < 1.29 is 4.79 Å². The monoisotopic (exact) mass is 364 g/mol. The van der Waals surface area contributed by atoms with E-state index in [0.29, 0.717) is 19.0 Å². The highest BCUT2D eigenvalue weighted by Gasteiger charge is 2.26. The van der Waals surface area contributed by atoms with E-state index in [1.165, 1.54) is 0 Å². The third-order valence-electron chi connectivity index (χ3n) is 5.19. The molecule has 0 unspecified atom stereocenters. The van der Waals surface area contributed by atoms with E-state index in [4.69, 9.17) is 0 Å². The lowest BCUT2D eigenvalue weighted by Crippen LogP contribution is -2.40. The van der Waals surface area contributed by atoms with E-state index in [0.717, 1.165) is 41.4 Å². The van der Waals surface area contributed by atoms with E-state index in [1.807, 2.05) is 55.4 Å². The standard InChI is InChI=1S/C20H24N6O/c1-14-17(6-5-7-18(14)25-10-3-4-11-25)22-20(27)26-12-8-16(9-13-26)19-21-15(2)23-24-19/h3-7,10-11,16H,8-9,12-13H2,1-2H3,(H,22,27)(H,21,23,24). The Bertz CT molecular complexity index is 922. The van der Waals surface area contributed by atoms with Gasteiger partial charge in [0, 0.05) is 42.8 Å². The summed E-state index contributed by atoms with van der Waals surface area (Å²) in [4.78, 5) is 19.0. The summed E-state index contributed by atoms with van der Waals surface area (Å²) in [5, 5.41) is 10.2. The number of nitrogens with one attached hydrogen (secondary N) is 2. The predicted molar refractivity (Wildman–Crippen MR) is 104 cm³/mol. The maximum Gasteiger partial charge on any atom is 0.321 e. The number of benzene rings is 1. The number of aromatic amines is 1. The fraction of sp³-hybridized carbons (Fsp3) is 0.350. The Labute approximate surface area is 158 Å². The number of nitrogens with zero attached hydrogens (tertiary/aromatic N) is 4. The molecule has 3 heterocycles. The van der Waals surface area contributed by atoms with Crippen LogP contribution < -0.4 is 5.32 Å². The van der Waals surface area contributed by atoms with Gasteiger partial charge in [-0.1, -0.05) is 6.07 Å². The molecule has 0 spiro atoms. The minimum atomic E-state index is -0.0487. The van der Waals surface area contributed by atoms with Gasteiger partial charge in [-0.25, -0.2) is 9.78 Å². The average molecular weight is 364 g/mol. The summed E-state index contributed by atoms with van der Waals surface area (Å²) in [7, 11) is 0. The highest BCUT2D eigenvalue weighted by Crippen LogP contribution is 2.27. The SMILES string of the molecule is Cc1nc(C2CCN(C(=O)Nc3cccc(-n4cccc4)c3C)CC2)n[nH]1. The molecule has 0 saturated carbocycles. The number of hydrogen-bond acceptors (Lipinski definition) is 3. The number of rotatable bonds is 3. The smallest absolute Gasteiger partial charge is 0.321 e. The molecule has 0 bridgehead atoms. The minimum absolute atomic E-state index is 0.0487. The molecule has 1 saturated heterocycles. The fourth-order valence-corrected chi connectivity index (χ4v) is 3.61. The highest BCUT2D eigenvalue weighted by molar-refractivity contribution is 5.90. The number of urea groups is 1. The summed E-state index contributed by atoms with van der Waals surface area (Å²) in [6.07, 6.45) is 5.77. The van der Waals surface area contributed by atoms with Crippen LogP contribution in [0.5, 0.6) is 0 Å². The summed E-state index contributed by atoms with van der Waals surface area (Å²) in [5.74, 6) is 2.02. The molecule has 0 aliphatic carbocycles. The normalized spacial score (nSPS) is 15.1. The lowest BCUT2D eigenvalue weighted by Gasteiger charge is -2.31. The van der Waals surface area contributed by atoms with Crippen molar-refractivity contribution in [1.82, 2.24) is 24.6 Å². The molecule has 2 aromatic heterocycles. The number of amides is 2. The second-order valence-electron chi connectivity index (χ2n) is 7.01. The van der Waals surface area contributed by atoms with Gasteiger partial charge in [0.2, 0.25) is 0 Å². The first-order valence-corrected chi connectivity index (χ1v) is 9.29. The summed E-state index contributed by atoms with van der Waals surface area (Å²) in [5.41, 5.74) is 2.96. The zero-order chi connectivity index (χ0) is 18.8. The molecule has 27 heavy (non-hydrogen) atoms. The number of H-pyrrole nitrogens is 1. The molecule has 7 nitrogen and oxygen atoms in total. The van der Waals surface area contributed by atoms with Gasteiger partial charge in [0.15, 0.2) is 5.82 Å². The van der Waals surface area contributed by atoms with Crippen LogP contribution >= 0.6 is 0 Å². The number of likely N-dealkylation sites (tertiary alicyclic amines) is 1. The highest BCUT2D eigenvalue weighted by atomic mass is 16.2. The number of aryl methyl sites for hydroxylation is 1. The maximum absolute atomic E-state index is 12.7. The molecule has 3 aromatic rings. The van der Waals surface area contributed by atoms with E-state index < -0.39 is 0 Å². The Kier molecular flexibility index (Phi) is 4.66. The molecule has 2 N–H and O–H groups in total. The molecule has 1 aliphatic heterocycles. The van der Waals surface area contributed by atoms with Crippen LogP contribution in [0.25, 0.3) is 5.69 Å². The van der Waals surface area contributed by atoms with E-state index >= 15 is 0 Å². The number of piperidine rings is 1. The van der Waals surface area contributed by atoms with Crippen molar-refractivity contribution in [3.05, 3.63) is 59.9 Å². The lowest BCUT2D eigenvalue weighted by molar-refractivity contribution is 0.193. The van der Waals surface area contributed by atoms with Crippen LogP contribution in [-0.2, 0) is 0 Å². The number of carbonyl (C=O) groups is 1. The number of hydrogen-bond donors (Lipinski definition) is 2. The molecule has 2 amide bonds. The number of carbonyl (C=O) groups excluding carboxylic acids is 1. The first-order chi connectivity index (χ1) is 13.1. The fourth-order valence-electron chi connectivity index (χ4n) is 3.61. The first kappa shape index (κ1) is 17.3. The number of aromatic nitrogens is 4. The van der Waals surface area contributed by atoms with Crippen molar-refractivity contribution in [3.63, 3.8) is 0 Å². The first-order valence-electron chi connectivity index (χ1n) is 9.29. The largest absolute Gasteiger partial charge is 0.324 e. The van der Waals surface area contributed by atoms with Gasteiger partial charge in [-0.2, -0.15) is 5.10 Å². The van der Waals surface area contributed by atoms with E-state index in [2.05, 4.69) is 31.1 Å². The van der Waals surface area contributed by atoms with Crippen LogP contribution in [0.2, 0.25) is 0 Å². The molecule has 0 atom stereocenters. The quantitative estimate of drug-likeness (QED) is 0.745. The van der Waals surface area contributed by atoms with Crippen molar-refractivity contribution in [2.45, 2.75) is 32.6 Å². The third-order valence-corrected chi connectivity index (χ3v) is 5.19. The Morgan fingerprint density at radius 1 is 1.15 bits per heavy atom. The second-order valence-corrected chi connectivity index (χ2v) is 7.01. The molecule has 0 radical (unpaired) electrons. The Morgan fingerprint density at radius 3 is 2.56 bits per heavy atom. The van der Waals surface area contributed by atoms with Crippen LogP contribution in [0.1, 0.15) is 36.0 Å². The van der Waals surface area contributed by atoms with Crippen molar-refractivity contribution in [2.75, 3.05) is 18.4 Å². The zero-order valence-corrected chi connectivity index (χ0v) is 15.6. The molecular formula is C20H24N6O. The van der Waals surface area contributed by atoms with E-state index in [9.17, 15) is 4.79 Å². The summed E-state index contributed by atoms with van der Waals surface area (Å²) in [6.45, 7) is 5.35. The third kappa shape index (κ3) is 3.58. The van der Waals surface area contributed by atoms with Crippen LogP contribution in [0, 0.1) is 13.8 Å². The van der Waals surface area contributed by atoms with Crippen LogP contribution in [0.4, 0.5) is 10.5 Å². The Balaban J connectivity index is 1.41. The summed E-state index contributed by atoms with van der Waals surface area (Å²) < 4.78 is 2.05. The second kappa shape index (κ2) is 7.26. The lowest BCUT2D eigenvalue weighted by atomic mass is 9.96. The van der Waals surface area contributed by atoms with E-state index in [1.54, 1.807) is 0 Å². The van der Waals surface area contributed by atoms with Gasteiger partial charge in [-0.3, -0.25) is 5.10 Å². The minimum Gasteiger partial charge on any atom is -0.324 e. The van der Waals surface area contributed by atoms with Gasteiger partial charge < -0.3 is 14.8 Å². The topological polar surface area (TPSA) is 78.8 Å². The summed E-state index contributed by atoms with van der Waals surface area (Å²) in [6, 6.07) is 9.90. The van der Waals surface area contributed by atoms with Crippen molar-refractivity contribution in [1.29, 1.82) is 0 Å². The van der Waals surface area contributed by atoms with Crippen molar-refractivity contribution >= 4 is 11.7 Å². The average Bonchev–Trinajstić information content (AvgIpc) is 3.35. The van der Waals surface area contributed by atoms with Crippen LogP contribution in [0.3, 0.4) is 0 Å². The van der Waals surface area contributed by atoms with Gasteiger partial charge in [0.25, 0.3) is 0 Å². The summed E-state index contributed by atoms with van der Waals surface area (Å²) >= 11 is 0. The van der Waals surface area contributed by atoms with E-state index in [-0.39, 0.29) is 6.03 Å². The van der Waals surface area contributed by atoms with Gasteiger partial charge in [0.1, 0.15) is 5.82 Å². The maximum atomic E-state index is 12.7. The molecule has 1 fully saturated rings. The number of anilines is 1. The van der Waals surface area contributed by atoms with Crippen molar-refractivity contribution in [3.8, 4) is 5.69 Å². The van der Waals surface area contributed by atoms with Gasteiger partial charge >= 0.3 is 6.03 Å². The Morgan fingerprint density at radius 2 is 1.89 bits per heavy atom.